The monoisotopic (exact) mass is 383 g/mol. The number of rotatable bonds is 4. The van der Waals surface area contributed by atoms with Crippen molar-refractivity contribution in [2.45, 2.75) is 38.1 Å². The van der Waals surface area contributed by atoms with Gasteiger partial charge in [0, 0.05) is 32.2 Å². The quantitative estimate of drug-likeness (QED) is 0.869. The van der Waals surface area contributed by atoms with Crippen LogP contribution in [-0.4, -0.2) is 58.9 Å². The number of piperazine rings is 1. The van der Waals surface area contributed by atoms with E-state index in [0.717, 1.165) is 18.7 Å². The van der Waals surface area contributed by atoms with Crippen molar-refractivity contribution in [2.24, 2.45) is 0 Å². The zero-order valence-corrected chi connectivity index (χ0v) is 15.8. The lowest BCUT2D eigenvalue weighted by Crippen LogP contribution is -2.49. The molecule has 148 valence electrons. The van der Waals surface area contributed by atoms with Crippen LogP contribution in [0.1, 0.15) is 53.1 Å². The SMILES string of the molecule is O=C(NC1CCCCC1)c1cnc(N2CCN(C(=O)c3ccco3)CC2)cn1. The summed E-state index contributed by atoms with van der Waals surface area (Å²) in [6.07, 6.45) is 10.4. The highest BCUT2D eigenvalue weighted by molar-refractivity contribution is 5.92. The maximum atomic E-state index is 12.4. The fourth-order valence-electron chi connectivity index (χ4n) is 3.80. The predicted octanol–water partition coefficient (Wildman–Crippen LogP) is 2.09. The average Bonchev–Trinajstić information content (AvgIpc) is 3.29. The average molecular weight is 383 g/mol. The van der Waals surface area contributed by atoms with Crippen molar-refractivity contribution in [3.05, 3.63) is 42.2 Å². The van der Waals surface area contributed by atoms with E-state index in [1.54, 1.807) is 23.2 Å². The number of furan rings is 1. The molecule has 3 heterocycles. The molecule has 8 heteroatoms. The summed E-state index contributed by atoms with van der Waals surface area (Å²) >= 11 is 0. The fraction of sp³-hybridized carbons (Fsp3) is 0.500. The molecule has 1 saturated carbocycles. The summed E-state index contributed by atoms with van der Waals surface area (Å²) in [5.74, 6) is 0.839. The number of hydrogen-bond donors (Lipinski definition) is 1. The number of anilines is 1. The molecule has 0 radical (unpaired) electrons. The molecule has 1 aliphatic carbocycles. The van der Waals surface area contributed by atoms with Crippen LogP contribution in [0.25, 0.3) is 0 Å². The van der Waals surface area contributed by atoms with Crippen LogP contribution in [-0.2, 0) is 0 Å². The summed E-state index contributed by atoms with van der Waals surface area (Å²) < 4.78 is 5.18. The van der Waals surface area contributed by atoms with Gasteiger partial charge in [-0.15, -0.1) is 0 Å². The summed E-state index contributed by atoms with van der Waals surface area (Å²) in [7, 11) is 0. The molecule has 2 amide bonds. The summed E-state index contributed by atoms with van der Waals surface area (Å²) in [5, 5.41) is 3.06. The van der Waals surface area contributed by atoms with Crippen molar-refractivity contribution in [3.8, 4) is 0 Å². The second kappa shape index (κ2) is 8.41. The predicted molar refractivity (Wildman–Crippen MR) is 103 cm³/mol. The Morgan fingerprint density at radius 3 is 2.46 bits per heavy atom. The van der Waals surface area contributed by atoms with E-state index in [-0.39, 0.29) is 17.9 Å². The molecule has 0 bridgehead atoms. The van der Waals surface area contributed by atoms with Crippen LogP contribution in [0.5, 0.6) is 0 Å². The minimum Gasteiger partial charge on any atom is -0.459 e. The Hall–Kier alpha value is -2.90. The third kappa shape index (κ3) is 4.16. The molecule has 1 N–H and O–H groups in total. The van der Waals surface area contributed by atoms with Gasteiger partial charge in [0.25, 0.3) is 11.8 Å². The summed E-state index contributed by atoms with van der Waals surface area (Å²) in [4.78, 5) is 37.2. The van der Waals surface area contributed by atoms with E-state index >= 15 is 0 Å². The second-order valence-corrected chi connectivity index (χ2v) is 7.32. The molecule has 1 aliphatic heterocycles. The van der Waals surface area contributed by atoms with Crippen LogP contribution in [0.3, 0.4) is 0 Å². The Morgan fingerprint density at radius 2 is 1.82 bits per heavy atom. The van der Waals surface area contributed by atoms with Gasteiger partial charge in [0.1, 0.15) is 11.5 Å². The van der Waals surface area contributed by atoms with E-state index in [1.165, 1.54) is 31.7 Å². The summed E-state index contributed by atoms with van der Waals surface area (Å²) in [6, 6.07) is 3.64. The van der Waals surface area contributed by atoms with Crippen molar-refractivity contribution >= 4 is 17.6 Å². The van der Waals surface area contributed by atoms with E-state index in [9.17, 15) is 9.59 Å². The molecule has 0 spiro atoms. The van der Waals surface area contributed by atoms with Crippen LogP contribution < -0.4 is 10.2 Å². The molecule has 0 aromatic carbocycles. The molecule has 8 nitrogen and oxygen atoms in total. The van der Waals surface area contributed by atoms with E-state index in [0.29, 0.717) is 37.6 Å². The third-order valence-electron chi connectivity index (χ3n) is 5.43. The van der Waals surface area contributed by atoms with Gasteiger partial charge in [-0.3, -0.25) is 9.59 Å². The summed E-state index contributed by atoms with van der Waals surface area (Å²) in [6.45, 7) is 2.50. The Balaban J connectivity index is 1.31. The number of amides is 2. The maximum absolute atomic E-state index is 12.4. The first-order valence-corrected chi connectivity index (χ1v) is 9.91. The zero-order chi connectivity index (χ0) is 19.3. The minimum atomic E-state index is -0.153. The van der Waals surface area contributed by atoms with Crippen LogP contribution in [0.4, 0.5) is 5.82 Å². The molecular weight excluding hydrogens is 358 g/mol. The molecule has 2 fully saturated rings. The highest BCUT2D eigenvalue weighted by Crippen LogP contribution is 2.18. The van der Waals surface area contributed by atoms with Crippen LogP contribution in [0, 0.1) is 0 Å². The lowest BCUT2D eigenvalue weighted by molar-refractivity contribution is 0.0714. The van der Waals surface area contributed by atoms with Crippen LogP contribution in [0.2, 0.25) is 0 Å². The highest BCUT2D eigenvalue weighted by atomic mass is 16.3. The largest absolute Gasteiger partial charge is 0.459 e. The number of nitrogens with zero attached hydrogens (tertiary/aromatic N) is 4. The first-order chi connectivity index (χ1) is 13.7. The Labute approximate surface area is 163 Å². The second-order valence-electron chi connectivity index (χ2n) is 7.32. The Morgan fingerprint density at radius 1 is 1.04 bits per heavy atom. The van der Waals surface area contributed by atoms with E-state index in [4.69, 9.17) is 4.42 Å². The van der Waals surface area contributed by atoms with Crippen LogP contribution in [0.15, 0.2) is 35.2 Å². The fourth-order valence-corrected chi connectivity index (χ4v) is 3.80. The molecule has 0 atom stereocenters. The highest BCUT2D eigenvalue weighted by Gasteiger charge is 2.25. The first kappa shape index (κ1) is 18.5. The molecule has 2 aromatic rings. The topological polar surface area (TPSA) is 91.6 Å². The molecule has 0 unspecified atom stereocenters. The van der Waals surface area contributed by atoms with Gasteiger partial charge < -0.3 is 19.5 Å². The number of carbonyl (C=O) groups excluding carboxylic acids is 2. The zero-order valence-electron chi connectivity index (χ0n) is 15.8. The lowest BCUT2D eigenvalue weighted by Gasteiger charge is -2.34. The van der Waals surface area contributed by atoms with Gasteiger partial charge in [0.05, 0.1) is 18.7 Å². The smallest absolute Gasteiger partial charge is 0.289 e. The van der Waals surface area contributed by atoms with Crippen molar-refractivity contribution < 1.29 is 14.0 Å². The first-order valence-electron chi connectivity index (χ1n) is 9.91. The molecule has 2 aliphatic rings. The Kier molecular flexibility index (Phi) is 5.55. The maximum Gasteiger partial charge on any atom is 0.289 e. The molecule has 2 aromatic heterocycles. The third-order valence-corrected chi connectivity index (χ3v) is 5.43. The molecule has 28 heavy (non-hydrogen) atoms. The van der Waals surface area contributed by atoms with Crippen molar-refractivity contribution in [3.63, 3.8) is 0 Å². The van der Waals surface area contributed by atoms with Crippen LogP contribution >= 0.6 is 0 Å². The standard InChI is InChI=1S/C20H25N5O3/c26-19(23-15-5-2-1-3-6-15)16-13-22-18(14-21-16)24-8-10-25(11-9-24)20(27)17-7-4-12-28-17/h4,7,12-15H,1-3,5-6,8-11H2,(H,23,26). The van der Waals surface area contributed by atoms with E-state index in [1.807, 2.05) is 0 Å². The van der Waals surface area contributed by atoms with Crippen molar-refractivity contribution in [2.75, 3.05) is 31.1 Å². The molecule has 4 rings (SSSR count). The van der Waals surface area contributed by atoms with E-state index in [2.05, 4.69) is 20.2 Å². The minimum absolute atomic E-state index is 0.0922. The van der Waals surface area contributed by atoms with Gasteiger partial charge in [0.15, 0.2) is 5.76 Å². The van der Waals surface area contributed by atoms with Crippen molar-refractivity contribution in [1.82, 2.24) is 20.2 Å². The summed E-state index contributed by atoms with van der Waals surface area (Å²) in [5.41, 5.74) is 0.348. The van der Waals surface area contributed by atoms with Crippen molar-refractivity contribution in [1.29, 1.82) is 0 Å². The van der Waals surface area contributed by atoms with Gasteiger partial charge in [-0.2, -0.15) is 0 Å². The normalized spacial score (nSPS) is 18.1. The van der Waals surface area contributed by atoms with E-state index < -0.39 is 0 Å². The molecular formula is C20H25N5O3. The lowest BCUT2D eigenvalue weighted by atomic mass is 9.95. The number of hydrogen-bond acceptors (Lipinski definition) is 6. The molecule has 1 saturated heterocycles. The van der Waals surface area contributed by atoms with Gasteiger partial charge in [0.2, 0.25) is 0 Å². The van der Waals surface area contributed by atoms with Gasteiger partial charge in [-0.1, -0.05) is 19.3 Å². The number of aromatic nitrogens is 2. The number of nitrogens with one attached hydrogen (secondary N) is 1. The number of carbonyl (C=O) groups is 2. The van der Waals surface area contributed by atoms with Gasteiger partial charge in [-0.05, 0) is 25.0 Å². The van der Waals surface area contributed by atoms with Gasteiger partial charge >= 0.3 is 0 Å². The Bertz CT molecular complexity index is 792. The van der Waals surface area contributed by atoms with Gasteiger partial charge in [-0.25, -0.2) is 9.97 Å².